The van der Waals surface area contributed by atoms with Gasteiger partial charge in [-0.2, -0.15) is 0 Å². The molecule has 3 N–H and O–H groups in total. The first-order chi connectivity index (χ1) is 10.5. The summed E-state index contributed by atoms with van der Waals surface area (Å²) in [6, 6.07) is 4.10. The number of thioether (sulfide) groups is 1. The van der Waals surface area contributed by atoms with E-state index in [1.807, 2.05) is 0 Å². The second-order valence-electron chi connectivity index (χ2n) is 4.59. The number of nitrogens with zero attached hydrogens (tertiary/aromatic N) is 3. The highest BCUT2D eigenvalue weighted by Crippen LogP contribution is 2.38. The smallest absolute Gasteiger partial charge is 0.134 e. The molecule has 1 aromatic rings. The monoisotopic (exact) mass is 409 g/mol. The SMILES string of the molecule is [N-]=[N+]=N[C@@H]1C(O)[C@@H](Sc2cc(Br)ccc2Cl)OC(CO)[C@@H]1O. The molecule has 1 saturated heterocycles. The maximum Gasteiger partial charge on any atom is 0.134 e. The van der Waals surface area contributed by atoms with Crippen molar-refractivity contribution in [2.75, 3.05) is 6.61 Å². The molecule has 1 aliphatic rings. The topological polar surface area (TPSA) is 119 Å². The first-order valence-electron chi connectivity index (χ1n) is 6.26. The van der Waals surface area contributed by atoms with Gasteiger partial charge < -0.3 is 20.1 Å². The minimum atomic E-state index is -1.29. The lowest BCUT2D eigenvalue weighted by Gasteiger charge is -2.40. The molecule has 1 fully saturated rings. The molecular weight excluding hydrogens is 398 g/mol. The standard InChI is InChI=1S/C12H13BrClN3O4S/c13-5-1-2-6(14)8(3-5)22-12-11(20)9(16-17-15)10(19)7(4-18)21-12/h1-3,7,9-12,18-20H,4H2/t7?,9-,10-,11?,12+/m0/s1. The predicted octanol–water partition coefficient (Wildman–Crippen LogP) is 2.31. The number of hydrogen-bond donors (Lipinski definition) is 3. The van der Waals surface area contributed by atoms with Crippen molar-refractivity contribution in [1.29, 1.82) is 0 Å². The number of aliphatic hydroxyl groups excluding tert-OH is 3. The van der Waals surface area contributed by atoms with Crippen molar-refractivity contribution < 1.29 is 20.1 Å². The molecule has 0 amide bonds. The van der Waals surface area contributed by atoms with Crippen LogP contribution in [0.5, 0.6) is 0 Å². The molecule has 1 aliphatic heterocycles. The summed E-state index contributed by atoms with van der Waals surface area (Å²) in [6.07, 6.45) is -3.48. The summed E-state index contributed by atoms with van der Waals surface area (Å²) in [4.78, 5) is 3.27. The summed E-state index contributed by atoms with van der Waals surface area (Å²) in [6.45, 7) is -0.464. The van der Waals surface area contributed by atoms with Crippen LogP contribution in [0.1, 0.15) is 0 Å². The normalized spacial score (nSPS) is 31.6. The number of rotatable bonds is 4. The molecule has 0 aliphatic carbocycles. The highest BCUT2D eigenvalue weighted by atomic mass is 79.9. The molecule has 22 heavy (non-hydrogen) atoms. The van der Waals surface area contributed by atoms with Crippen LogP contribution in [-0.2, 0) is 4.74 Å². The van der Waals surface area contributed by atoms with Crippen molar-refractivity contribution in [1.82, 2.24) is 0 Å². The summed E-state index contributed by atoms with van der Waals surface area (Å²) < 4.78 is 6.29. The number of benzene rings is 1. The zero-order valence-electron chi connectivity index (χ0n) is 11.1. The zero-order chi connectivity index (χ0) is 16.3. The van der Waals surface area contributed by atoms with E-state index in [0.29, 0.717) is 9.92 Å². The molecule has 5 atom stereocenters. The van der Waals surface area contributed by atoms with E-state index in [4.69, 9.17) is 21.9 Å². The van der Waals surface area contributed by atoms with Crippen molar-refractivity contribution in [3.8, 4) is 0 Å². The van der Waals surface area contributed by atoms with E-state index < -0.39 is 36.4 Å². The molecule has 2 rings (SSSR count). The average Bonchev–Trinajstić information content (AvgIpc) is 2.50. The summed E-state index contributed by atoms with van der Waals surface area (Å²) >= 11 is 10.6. The van der Waals surface area contributed by atoms with Gasteiger partial charge in [0.2, 0.25) is 0 Å². The third-order valence-corrected chi connectivity index (χ3v) is 5.32. The van der Waals surface area contributed by atoms with Crippen LogP contribution in [0.4, 0.5) is 0 Å². The Kier molecular flexibility index (Phi) is 6.36. The van der Waals surface area contributed by atoms with E-state index in [9.17, 15) is 15.3 Å². The number of azide groups is 1. The molecule has 1 aromatic carbocycles. The maximum absolute atomic E-state index is 10.3. The molecule has 0 radical (unpaired) electrons. The van der Waals surface area contributed by atoms with Gasteiger partial charge in [-0.05, 0) is 23.7 Å². The molecule has 0 spiro atoms. The maximum atomic E-state index is 10.3. The van der Waals surface area contributed by atoms with Crippen LogP contribution in [0.15, 0.2) is 32.7 Å². The van der Waals surface area contributed by atoms with E-state index in [2.05, 4.69) is 26.0 Å². The first-order valence-corrected chi connectivity index (χ1v) is 8.31. The number of ether oxygens (including phenoxy) is 1. The predicted molar refractivity (Wildman–Crippen MR) is 85.7 cm³/mol. The fourth-order valence-corrected chi connectivity index (χ4v) is 3.94. The fraction of sp³-hybridized carbons (Fsp3) is 0.500. The number of hydrogen-bond acceptors (Lipinski definition) is 6. The van der Waals surface area contributed by atoms with Crippen LogP contribution in [-0.4, -0.2) is 51.7 Å². The Morgan fingerprint density at radius 2 is 2.14 bits per heavy atom. The Bertz CT molecular complexity index is 589. The van der Waals surface area contributed by atoms with Crippen LogP contribution in [0.2, 0.25) is 5.02 Å². The Hall–Kier alpha value is -0.510. The van der Waals surface area contributed by atoms with E-state index in [0.717, 1.165) is 16.2 Å². The largest absolute Gasteiger partial charge is 0.394 e. The second kappa shape index (κ2) is 7.85. The van der Waals surface area contributed by atoms with Gasteiger partial charge in [-0.1, -0.05) is 44.4 Å². The van der Waals surface area contributed by atoms with Gasteiger partial charge in [0.05, 0.1) is 23.8 Å². The quantitative estimate of drug-likeness (QED) is 0.400. The summed E-state index contributed by atoms with van der Waals surface area (Å²) in [5.41, 5.74) is 7.72. The van der Waals surface area contributed by atoms with Gasteiger partial charge in [-0.3, -0.25) is 0 Å². The molecule has 2 unspecified atom stereocenters. The fourth-order valence-electron chi connectivity index (χ4n) is 2.05. The Morgan fingerprint density at radius 3 is 2.77 bits per heavy atom. The highest BCUT2D eigenvalue weighted by molar-refractivity contribution is 9.10. The van der Waals surface area contributed by atoms with E-state index in [-0.39, 0.29) is 0 Å². The average molecular weight is 411 g/mol. The summed E-state index contributed by atoms with van der Waals surface area (Å²) in [5.74, 6) is 0. The minimum Gasteiger partial charge on any atom is -0.394 e. The highest BCUT2D eigenvalue weighted by Gasteiger charge is 2.44. The molecule has 0 bridgehead atoms. The minimum absolute atomic E-state index is 0.464. The van der Waals surface area contributed by atoms with Crippen molar-refractivity contribution in [3.63, 3.8) is 0 Å². The molecular formula is C12H13BrClN3O4S. The Labute approximate surface area is 144 Å². The molecule has 7 nitrogen and oxygen atoms in total. The lowest BCUT2D eigenvalue weighted by molar-refractivity contribution is -0.159. The van der Waals surface area contributed by atoms with Crippen LogP contribution in [0.3, 0.4) is 0 Å². The van der Waals surface area contributed by atoms with Crippen molar-refractivity contribution in [3.05, 3.63) is 38.1 Å². The third kappa shape index (κ3) is 3.87. The first kappa shape index (κ1) is 17.8. The van der Waals surface area contributed by atoms with Crippen LogP contribution in [0, 0.1) is 0 Å². The lowest BCUT2D eigenvalue weighted by atomic mass is 9.98. The van der Waals surface area contributed by atoms with Crippen LogP contribution in [0.25, 0.3) is 10.4 Å². The Morgan fingerprint density at radius 1 is 1.41 bits per heavy atom. The van der Waals surface area contributed by atoms with Crippen molar-refractivity contribution in [2.24, 2.45) is 5.11 Å². The molecule has 10 heteroatoms. The third-order valence-electron chi connectivity index (χ3n) is 3.17. The molecule has 0 saturated carbocycles. The van der Waals surface area contributed by atoms with Gasteiger partial charge in [0.1, 0.15) is 17.6 Å². The molecule has 0 aromatic heterocycles. The second-order valence-corrected chi connectivity index (χ2v) is 7.06. The van der Waals surface area contributed by atoms with Crippen LogP contribution < -0.4 is 0 Å². The van der Waals surface area contributed by atoms with Gasteiger partial charge in [0.25, 0.3) is 0 Å². The van der Waals surface area contributed by atoms with Gasteiger partial charge >= 0.3 is 0 Å². The van der Waals surface area contributed by atoms with Gasteiger partial charge in [-0.25, -0.2) is 0 Å². The van der Waals surface area contributed by atoms with Gasteiger partial charge in [-0.15, -0.1) is 0 Å². The lowest BCUT2D eigenvalue weighted by Crippen LogP contribution is -2.56. The molecule has 1 heterocycles. The van der Waals surface area contributed by atoms with Gasteiger partial charge in [0.15, 0.2) is 0 Å². The Balaban J connectivity index is 2.25. The van der Waals surface area contributed by atoms with Crippen LogP contribution >= 0.6 is 39.3 Å². The van der Waals surface area contributed by atoms with Crippen molar-refractivity contribution in [2.45, 2.75) is 34.7 Å². The summed E-state index contributed by atoms with van der Waals surface area (Å²) in [5, 5.41) is 33.4. The number of halogens is 2. The van der Waals surface area contributed by atoms with E-state index >= 15 is 0 Å². The summed E-state index contributed by atoms with van der Waals surface area (Å²) in [7, 11) is 0. The zero-order valence-corrected chi connectivity index (χ0v) is 14.2. The van der Waals surface area contributed by atoms with Crippen molar-refractivity contribution >= 4 is 39.3 Å². The van der Waals surface area contributed by atoms with E-state index in [1.54, 1.807) is 18.2 Å². The molecule has 120 valence electrons. The van der Waals surface area contributed by atoms with E-state index in [1.165, 1.54) is 0 Å². The van der Waals surface area contributed by atoms with Gasteiger partial charge in [0, 0.05) is 14.3 Å². The number of aliphatic hydroxyl groups is 3.